The average molecular weight is 380 g/mol. The second kappa shape index (κ2) is 7.71. The summed E-state index contributed by atoms with van der Waals surface area (Å²) < 4.78 is 29.0. The Morgan fingerprint density at radius 3 is 2.84 bits per heavy atom. The number of benzene rings is 1. The van der Waals surface area contributed by atoms with Crippen LogP contribution < -0.4 is 10.1 Å². The van der Waals surface area contributed by atoms with Gasteiger partial charge in [0.25, 0.3) is 5.91 Å². The van der Waals surface area contributed by atoms with Crippen molar-refractivity contribution in [3.05, 3.63) is 58.4 Å². The van der Waals surface area contributed by atoms with Crippen LogP contribution in [0.1, 0.15) is 28.2 Å². The molecule has 0 fully saturated rings. The van der Waals surface area contributed by atoms with Crippen LogP contribution in [0.3, 0.4) is 0 Å². The van der Waals surface area contributed by atoms with Crippen LogP contribution >= 0.6 is 22.7 Å². The second-order valence-corrected chi connectivity index (χ2v) is 7.13. The minimum absolute atomic E-state index is 0.0615. The van der Waals surface area contributed by atoms with Gasteiger partial charge in [0.15, 0.2) is 0 Å². The van der Waals surface area contributed by atoms with Crippen molar-refractivity contribution in [1.82, 2.24) is 10.3 Å². The molecular weight excluding hydrogens is 366 g/mol. The van der Waals surface area contributed by atoms with Crippen molar-refractivity contribution < 1.29 is 18.3 Å². The molecule has 0 aliphatic carbocycles. The van der Waals surface area contributed by atoms with Gasteiger partial charge in [-0.1, -0.05) is 18.2 Å². The van der Waals surface area contributed by atoms with Gasteiger partial charge in [0, 0.05) is 0 Å². The van der Waals surface area contributed by atoms with E-state index in [1.807, 2.05) is 17.5 Å². The number of aromatic nitrogens is 1. The number of carbonyl (C=O) groups is 1. The molecule has 25 heavy (non-hydrogen) atoms. The van der Waals surface area contributed by atoms with Crippen molar-refractivity contribution in [2.24, 2.45) is 0 Å². The first kappa shape index (κ1) is 17.5. The summed E-state index contributed by atoms with van der Waals surface area (Å²) in [5.74, 6) is -0.195. The predicted molar refractivity (Wildman–Crippen MR) is 94.4 cm³/mol. The standard InChI is InChI=1S/C17H14F2N2O2S2/c1-10(11-4-2-5-12(8-11)23-17(18)19)21-15(22)14-9-20-16(25-14)13-6-3-7-24-13/h2-10,17H,1H3,(H,21,22). The fraction of sp³-hybridized carbons (Fsp3) is 0.176. The van der Waals surface area contributed by atoms with E-state index in [2.05, 4.69) is 15.0 Å². The Kier molecular flexibility index (Phi) is 5.40. The lowest BCUT2D eigenvalue weighted by molar-refractivity contribution is -0.0499. The van der Waals surface area contributed by atoms with E-state index in [0.29, 0.717) is 10.4 Å². The number of carbonyl (C=O) groups excluding carboxylic acids is 1. The lowest BCUT2D eigenvalue weighted by Crippen LogP contribution is -2.25. The summed E-state index contributed by atoms with van der Waals surface area (Å²) in [6.07, 6.45) is 1.54. The summed E-state index contributed by atoms with van der Waals surface area (Å²) >= 11 is 2.87. The molecule has 3 aromatic rings. The zero-order valence-corrected chi connectivity index (χ0v) is 14.7. The predicted octanol–water partition coefficient (Wildman–Crippen LogP) is 4.96. The van der Waals surface area contributed by atoms with E-state index in [1.165, 1.54) is 29.7 Å². The number of nitrogens with zero attached hydrogens (tertiary/aromatic N) is 1. The van der Waals surface area contributed by atoms with Crippen molar-refractivity contribution >= 4 is 28.6 Å². The third-order valence-electron chi connectivity index (χ3n) is 3.39. The Morgan fingerprint density at radius 2 is 2.12 bits per heavy atom. The number of halogens is 2. The molecule has 2 heterocycles. The molecule has 1 unspecified atom stereocenters. The summed E-state index contributed by atoms with van der Waals surface area (Å²) in [7, 11) is 0. The number of thiophene rings is 1. The SMILES string of the molecule is CC(NC(=O)c1cnc(-c2cccs2)s1)c1cccc(OC(F)F)c1. The number of rotatable bonds is 6. The highest BCUT2D eigenvalue weighted by atomic mass is 32.1. The molecule has 4 nitrogen and oxygen atoms in total. The average Bonchev–Trinajstić information content (AvgIpc) is 3.25. The molecule has 1 aromatic carbocycles. The molecule has 0 saturated heterocycles. The van der Waals surface area contributed by atoms with Gasteiger partial charge in [-0.05, 0) is 36.1 Å². The van der Waals surface area contributed by atoms with Crippen molar-refractivity contribution in [1.29, 1.82) is 0 Å². The summed E-state index contributed by atoms with van der Waals surface area (Å²) in [4.78, 5) is 18.2. The van der Waals surface area contributed by atoms with Gasteiger partial charge in [-0.25, -0.2) is 4.98 Å². The van der Waals surface area contributed by atoms with Crippen molar-refractivity contribution in [3.8, 4) is 15.6 Å². The van der Waals surface area contributed by atoms with Crippen LogP contribution in [0.2, 0.25) is 0 Å². The van der Waals surface area contributed by atoms with Gasteiger partial charge in [0.1, 0.15) is 15.6 Å². The Morgan fingerprint density at radius 1 is 1.28 bits per heavy atom. The molecular formula is C17H14F2N2O2S2. The van der Waals surface area contributed by atoms with Gasteiger partial charge < -0.3 is 10.1 Å². The van der Waals surface area contributed by atoms with Crippen LogP contribution in [0.5, 0.6) is 5.75 Å². The molecule has 3 rings (SSSR count). The molecule has 8 heteroatoms. The van der Waals surface area contributed by atoms with Crippen LogP contribution in [0.15, 0.2) is 48.0 Å². The third-order valence-corrected chi connectivity index (χ3v) is 5.43. The van der Waals surface area contributed by atoms with Gasteiger partial charge >= 0.3 is 6.61 Å². The van der Waals surface area contributed by atoms with E-state index in [0.717, 1.165) is 9.88 Å². The summed E-state index contributed by atoms with van der Waals surface area (Å²) in [6.45, 7) is -1.10. The zero-order chi connectivity index (χ0) is 17.8. The van der Waals surface area contributed by atoms with E-state index in [-0.39, 0.29) is 17.7 Å². The molecule has 1 N–H and O–H groups in total. The molecule has 0 radical (unpaired) electrons. The van der Waals surface area contributed by atoms with Gasteiger partial charge in [-0.3, -0.25) is 4.79 Å². The first-order chi connectivity index (χ1) is 12.0. The normalized spacial score (nSPS) is 12.2. The summed E-state index contributed by atoms with van der Waals surface area (Å²) in [5, 5.41) is 5.59. The number of hydrogen-bond acceptors (Lipinski definition) is 5. The maximum atomic E-state index is 12.4. The maximum Gasteiger partial charge on any atom is 0.387 e. The Balaban J connectivity index is 1.68. The number of ether oxygens (including phenoxy) is 1. The van der Waals surface area contributed by atoms with E-state index in [4.69, 9.17) is 0 Å². The zero-order valence-electron chi connectivity index (χ0n) is 13.1. The van der Waals surface area contributed by atoms with Gasteiger partial charge in [0.05, 0.1) is 17.1 Å². The fourth-order valence-electron chi connectivity index (χ4n) is 2.20. The number of alkyl halides is 2. The van der Waals surface area contributed by atoms with Crippen LogP contribution in [-0.2, 0) is 0 Å². The minimum atomic E-state index is -2.88. The molecule has 2 aromatic heterocycles. The molecule has 0 aliphatic rings. The Labute approximate surface area is 151 Å². The summed E-state index contributed by atoms with van der Waals surface area (Å²) in [6, 6.07) is 9.80. The minimum Gasteiger partial charge on any atom is -0.435 e. The van der Waals surface area contributed by atoms with E-state index >= 15 is 0 Å². The van der Waals surface area contributed by atoms with Crippen LogP contribution in [-0.4, -0.2) is 17.5 Å². The second-order valence-electron chi connectivity index (χ2n) is 5.15. The van der Waals surface area contributed by atoms with Gasteiger partial charge in [-0.15, -0.1) is 22.7 Å². The molecule has 0 saturated carbocycles. The van der Waals surface area contributed by atoms with Crippen molar-refractivity contribution in [2.75, 3.05) is 0 Å². The molecule has 0 bridgehead atoms. The molecule has 1 atom stereocenters. The first-order valence-electron chi connectivity index (χ1n) is 7.38. The Bertz CT molecular complexity index is 850. The largest absolute Gasteiger partial charge is 0.435 e. The maximum absolute atomic E-state index is 12.4. The highest BCUT2D eigenvalue weighted by Gasteiger charge is 2.16. The van der Waals surface area contributed by atoms with E-state index in [9.17, 15) is 13.6 Å². The third kappa shape index (κ3) is 4.40. The summed E-state index contributed by atoms with van der Waals surface area (Å²) in [5.41, 5.74) is 0.675. The van der Waals surface area contributed by atoms with Crippen molar-refractivity contribution in [2.45, 2.75) is 19.6 Å². The van der Waals surface area contributed by atoms with Gasteiger partial charge in [0.2, 0.25) is 0 Å². The monoisotopic (exact) mass is 380 g/mol. The number of amides is 1. The highest BCUT2D eigenvalue weighted by molar-refractivity contribution is 7.21. The number of thiazole rings is 1. The van der Waals surface area contributed by atoms with Crippen LogP contribution in [0, 0.1) is 0 Å². The number of hydrogen-bond donors (Lipinski definition) is 1. The molecule has 130 valence electrons. The van der Waals surface area contributed by atoms with Gasteiger partial charge in [-0.2, -0.15) is 8.78 Å². The Hall–Kier alpha value is -2.32. The van der Waals surface area contributed by atoms with Crippen LogP contribution in [0.4, 0.5) is 8.78 Å². The number of nitrogens with one attached hydrogen (secondary N) is 1. The van der Waals surface area contributed by atoms with Crippen LogP contribution in [0.25, 0.3) is 9.88 Å². The molecule has 0 spiro atoms. The smallest absolute Gasteiger partial charge is 0.387 e. The molecule has 1 amide bonds. The highest BCUT2D eigenvalue weighted by Crippen LogP contribution is 2.29. The lowest BCUT2D eigenvalue weighted by atomic mass is 10.1. The quantitative estimate of drug-likeness (QED) is 0.657. The lowest BCUT2D eigenvalue weighted by Gasteiger charge is -2.15. The van der Waals surface area contributed by atoms with E-state index < -0.39 is 6.61 Å². The first-order valence-corrected chi connectivity index (χ1v) is 9.08. The fourth-order valence-corrected chi connectivity index (χ4v) is 3.83. The topological polar surface area (TPSA) is 51.2 Å². The molecule has 0 aliphatic heterocycles. The van der Waals surface area contributed by atoms with E-state index in [1.54, 1.807) is 30.4 Å². The van der Waals surface area contributed by atoms with Crippen molar-refractivity contribution in [3.63, 3.8) is 0 Å².